The maximum absolute atomic E-state index is 12.7. The molecule has 1 saturated heterocycles. The summed E-state index contributed by atoms with van der Waals surface area (Å²) in [5, 5.41) is 0.683. The first kappa shape index (κ1) is 23.8. The Morgan fingerprint density at radius 3 is 2.27 bits per heavy atom. The van der Waals surface area contributed by atoms with Crippen molar-refractivity contribution in [2.24, 2.45) is 0 Å². The van der Waals surface area contributed by atoms with Gasteiger partial charge in [0.15, 0.2) is 0 Å². The van der Waals surface area contributed by atoms with Gasteiger partial charge in [-0.2, -0.15) is 13.2 Å². The molecule has 10 heteroatoms. The van der Waals surface area contributed by atoms with E-state index < -0.39 is 32.0 Å². The third-order valence-electron chi connectivity index (χ3n) is 4.44. The van der Waals surface area contributed by atoms with Gasteiger partial charge in [-0.25, -0.2) is 9.59 Å². The maximum atomic E-state index is 12.7. The lowest BCUT2D eigenvalue weighted by molar-refractivity contribution is -0.137. The fourth-order valence-corrected chi connectivity index (χ4v) is 3.33. The Morgan fingerprint density at radius 1 is 1.13 bits per heavy atom. The molecule has 166 valence electrons. The largest absolute Gasteiger partial charge is 0.447 e. The van der Waals surface area contributed by atoms with Gasteiger partial charge in [-0.05, 0) is 42.7 Å². The summed E-state index contributed by atoms with van der Waals surface area (Å²) in [7, 11) is -1.43. The Labute approximate surface area is 175 Å². The van der Waals surface area contributed by atoms with E-state index in [0.717, 1.165) is 31.0 Å². The van der Waals surface area contributed by atoms with E-state index in [9.17, 15) is 22.8 Å². The Morgan fingerprint density at radius 2 is 1.73 bits per heavy atom. The summed E-state index contributed by atoms with van der Waals surface area (Å²) >= 11 is 0. The van der Waals surface area contributed by atoms with Crippen molar-refractivity contribution in [1.29, 1.82) is 0 Å². The highest BCUT2D eigenvalue weighted by atomic mass is 28.3. The quantitative estimate of drug-likeness (QED) is 0.438. The highest BCUT2D eigenvalue weighted by Crippen LogP contribution is 2.29. The van der Waals surface area contributed by atoms with E-state index in [1.165, 1.54) is 29.3 Å². The third-order valence-corrected chi connectivity index (χ3v) is 6.14. The second-order valence-electron chi connectivity index (χ2n) is 8.24. The van der Waals surface area contributed by atoms with Crippen molar-refractivity contribution in [1.82, 2.24) is 9.96 Å². The van der Waals surface area contributed by atoms with Crippen molar-refractivity contribution in [2.45, 2.75) is 44.7 Å². The Kier molecular flexibility index (Phi) is 7.94. The smallest absolute Gasteiger partial charge is 0.447 e. The van der Waals surface area contributed by atoms with Crippen LogP contribution < -0.4 is 0 Å². The van der Waals surface area contributed by atoms with Gasteiger partial charge in [0.05, 0.1) is 18.4 Å². The molecule has 1 aromatic carbocycles. The van der Waals surface area contributed by atoms with E-state index in [1.807, 2.05) is 0 Å². The fraction of sp³-hybridized carbons (Fsp3) is 0.500. The molecule has 0 aromatic heterocycles. The first-order chi connectivity index (χ1) is 14.0. The first-order valence-corrected chi connectivity index (χ1v) is 13.4. The summed E-state index contributed by atoms with van der Waals surface area (Å²) in [5.74, 6) is 0. The topological polar surface area (TPSA) is 59.1 Å². The number of carbonyl (C=O) groups is 2. The molecule has 2 rings (SSSR count). The standard InChI is InChI=1S/C20H27F3N2O4Si/c1-30(2,3)15-14-28-19(27)25(29-18(26)24-11-4-5-12-24)13-10-16-6-8-17(9-7-16)20(21,22)23/h6-10,13H,4-5,11-12,14-15H2,1-3H3/b13-10+. The lowest BCUT2D eigenvalue weighted by Gasteiger charge is -2.22. The Bertz CT molecular complexity index is 755. The van der Waals surface area contributed by atoms with Gasteiger partial charge in [-0.15, -0.1) is 5.06 Å². The van der Waals surface area contributed by atoms with E-state index in [-0.39, 0.29) is 6.61 Å². The molecule has 1 aliphatic rings. The van der Waals surface area contributed by atoms with Gasteiger partial charge in [-0.3, -0.25) is 0 Å². The summed E-state index contributed by atoms with van der Waals surface area (Å²) in [6.45, 7) is 7.68. The molecule has 0 bridgehead atoms. The van der Waals surface area contributed by atoms with Gasteiger partial charge >= 0.3 is 18.4 Å². The molecule has 1 aliphatic heterocycles. The molecule has 0 unspecified atom stereocenters. The minimum absolute atomic E-state index is 0.195. The molecule has 0 aliphatic carbocycles. The molecule has 0 N–H and O–H groups in total. The maximum Gasteiger partial charge on any atom is 0.447 e. The van der Waals surface area contributed by atoms with Crippen LogP contribution in [0.2, 0.25) is 25.7 Å². The fourth-order valence-electron chi connectivity index (χ4n) is 2.62. The normalized spacial score (nSPS) is 14.8. The average Bonchev–Trinajstić information content (AvgIpc) is 3.18. The van der Waals surface area contributed by atoms with Gasteiger partial charge in [0, 0.05) is 21.2 Å². The second kappa shape index (κ2) is 10.0. The number of hydrogen-bond acceptors (Lipinski definition) is 4. The molecule has 0 radical (unpaired) electrons. The number of amides is 2. The minimum atomic E-state index is -4.43. The number of likely N-dealkylation sites (tertiary alicyclic amines) is 1. The summed E-state index contributed by atoms with van der Waals surface area (Å²) in [6.07, 6.45) is -1.70. The number of hydroxylamine groups is 2. The molecule has 1 aromatic rings. The third kappa shape index (κ3) is 7.73. The van der Waals surface area contributed by atoms with E-state index in [1.54, 1.807) is 0 Å². The van der Waals surface area contributed by atoms with E-state index in [4.69, 9.17) is 9.57 Å². The number of alkyl halides is 3. The van der Waals surface area contributed by atoms with Crippen LogP contribution in [-0.2, 0) is 15.8 Å². The minimum Gasteiger partial charge on any atom is -0.447 e. The predicted octanol–water partition coefficient (Wildman–Crippen LogP) is 5.60. The highest BCUT2D eigenvalue weighted by molar-refractivity contribution is 6.76. The monoisotopic (exact) mass is 444 g/mol. The SMILES string of the molecule is C[Si](C)(C)CCOC(=O)N(/C=C/c1ccc(C(F)(F)F)cc1)OC(=O)N1CCCC1. The molecule has 1 fully saturated rings. The summed E-state index contributed by atoms with van der Waals surface area (Å²) in [5.41, 5.74) is -0.372. The van der Waals surface area contributed by atoms with Crippen LogP contribution in [0.25, 0.3) is 6.08 Å². The second-order valence-corrected chi connectivity index (χ2v) is 13.9. The van der Waals surface area contributed by atoms with E-state index in [0.29, 0.717) is 23.7 Å². The van der Waals surface area contributed by atoms with Crippen molar-refractivity contribution in [2.75, 3.05) is 19.7 Å². The van der Waals surface area contributed by atoms with E-state index >= 15 is 0 Å². The molecule has 0 spiro atoms. The van der Waals surface area contributed by atoms with Crippen LogP contribution in [0.15, 0.2) is 30.5 Å². The summed E-state index contributed by atoms with van der Waals surface area (Å²) in [4.78, 5) is 31.3. The predicted molar refractivity (Wildman–Crippen MR) is 109 cm³/mol. The number of carbonyl (C=O) groups excluding carboxylic acids is 2. The number of hydrogen-bond donors (Lipinski definition) is 0. The zero-order valence-corrected chi connectivity index (χ0v) is 18.4. The van der Waals surface area contributed by atoms with Crippen LogP contribution in [0.5, 0.6) is 0 Å². The number of rotatable bonds is 5. The van der Waals surface area contributed by atoms with Gasteiger partial charge in [-0.1, -0.05) is 31.8 Å². The van der Waals surface area contributed by atoms with Gasteiger partial charge in [0.25, 0.3) is 0 Å². The molecule has 0 saturated carbocycles. The van der Waals surface area contributed by atoms with Gasteiger partial charge in [0.1, 0.15) is 0 Å². The Balaban J connectivity index is 2.08. The van der Waals surface area contributed by atoms with Crippen LogP contribution in [0.4, 0.5) is 22.8 Å². The van der Waals surface area contributed by atoms with Crippen LogP contribution in [0.1, 0.15) is 24.0 Å². The van der Waals surface area contributed by atoms with Crippen molar-refractivity contribution in [3.63, 3.8) is 0 Å². The number of ether oxygens (including phenoxy) is 1. The van der Waals surface area contributed by atoms with Crippen LogP contribution in [0, 0.1) is 0 Å². The van der Waals surface area contributed by atoms with Crippen molar-refractivity contribution in [3.8, 4) is 0 Å². The summed E-state index contributed by atoms with van der Waals surface area (Å²) in [6, 6.07) is 5.14. The molecule has 2 amide bonds. The van der Waals surface area contributed by atoms with Crippen LogP contribution >= 0.6 is 0 Å². The molecule has 0 atom stereocenters. The molecule has 30 heavy (non-hydrogen) atoms. The van der Waals surface area contributed by atoms with Crippen molar-refractivity contribution < 1.29 is 32.3 Å². The molecular formula is C20H27F3N2O4Si. The molecule has 1 heterocycles. The Hall–Kier alpha value is -2.49. The molecule has 6 nitrogen and oxygen atoms in total. The first-order valence-electron chi connectivity index (χ1n) is 9.74. The number of nitrogens with zero attached hydrogens (tertiary/aromatic N) is 2. The lowest BCUT2D eigenvalue weighted by atomic mass is 10.1. The summed E-state index contributed by atoms with van der Waals surface area (Å²) < 4.78 is 43.3. The zero-order chi connectivity index (χ0) is 22.4. The van der Waals surface area contributed by atoms with Gasteiger partial charge < -0.3 is 14.5 Å². The average molecular weight is 445 g/mol. The molecular weight excluding hydrogens is 417 g/mol. The van der Waals surface area contributed by atoms with Crippen molar-refractivity contribution >= 4 is 26.3 Å². The number of halogens is 3. The number of benzene rings is 1. The van der Waals surface area contributed by atoms with Crippen LogP contribution in [-0.4, -0.2) is 49.9 Å². The highest BCUT2D eigenvalue weighted by Gasteiger charge is 2.30. The van der Waals surface area contributed by atoms with E-state index in [2.05, 4.69) is 19.6 Å². The van der Waals surface area contributed by atoms with Crippen LogP contribution in [0.3, 0.4) is 0 Å². The lowest BCUT2D eigenvalue weighted by Crippen LogP contribution is -2.37. The van der Waals surface area contributed by atoms with Gasteiger partial charge in [0.2, 0.25) is 0 Å². The van der Waals surface area contributed by atoms with Crippen molar-refractivity contribution in [3.05, 3.63) is 41.6 Å². The zero-order valence-electron chi connectivity index (χ0n) is 17.4.